The van der Waals surface area contributed by atoms with Gasteiger partial charge in [-0.1, -0.05) is 74.5 Å². The van der Waals surface area contributed by atoms with Crippen molar-refractivity contribution in [1.29, 1.82) is 0 Å². The first-order chi connectivity index (χ1) is 13.6. The maximum atomic E-state index is 12.2. The second-order valence-corrected chi connectivity index (χ2v) is 7.01. The summed E-state index contributed by atoms with van der Waals surface area (Å²) >= 11 is 0. The Morgan fingerprint density at radius 1 is 0.857 bits per heavy atom. The molecule has 0 aliphatic carbocycles. The number of benzene rings is 3. The van der Waals surface area contributed by atoms with Crippen LogP contribution in [-0.4, -0.2) is 12.6 Å². The lowest BCUT2D eigenvalue weighted by Gasteiger charge is -2.11. The number of hydrogen-bond acceptors (Lipinski definition) is 3. The van der Waals surface area contributed by atoms with E-state index < -0.39 is 0 Å². The summed E-state index contributed by atoms with van der Waals surface area (Å²) < 4.78 is 11.3. The molecule has 3 aromatic carbocycles. The fraction of sp³-hybridized carbons (Fsp3) is 0.240. The molecule has 144 valence electrons. The van der Waals surface area contributed by atoms with Gasteiger partial charge in [0.1, 0.15) is 11.5 Å². The minimum atomic E-state index is -0.248. The first kappa shape index (κ1) is 19.7. The minimum absolute atomic E-state index is 0.248. The van der Waals surface area contributed by atoms with E-state index >= 15 is 0 Å². The van der Waals surface area contributed by atoms with Crippen molar-refractivity contribution in [2.75, 3.05) is 6.61 Å². The topological polar surface area (TPSA) is 35.5 Å². The summed E-state index contributed by atoms with van der Waals surface area (Å²) in [5.74, 6) is 1.67. The van der Waals surface area contributed by atoms with Gasteiger partial charge in [-0.05, 0) is 41.7 Å². The third kappa shape index (κ3) is 5.46. The van der Waals surface area contributed by atoms with E-state index in [1.165, 1.54) is 5.56 Å². The van der Waals surface area contributed by atoms with E-state index in [-0.39, 0.29) is 5.97 Å². The highest BCUT2D eigenvalue weighted by Crippen LogP contribution is 2.29. The lowest BCUT2D eigenvalue weighted by atomic mass is 10.0. The molecular formula is C25H26O3. The van der Waals surface area contributed by atoms with E-state index in [0.29, 0.717) is 31.1 Å². The number of carbonyl (C=O) groups excluding carboxylic acids is 1. The maximum Gasteiger partial charge on any atom is 0.311 e. The molecule has 0 atom stereocenters. The molecular weight excluding hydrogens is 348 g/mol. The second kappa shape index (κ2) is 9.75. The SMILES string of the molecule is CC(C)c1ccc(OCCCC(=O)Oc2ccccc2-c2ccccc2)cc1. The van der Waals surface area contributed by atoms with Crippen molar-refractivity contribution >= 4 is 5.97 Å². The van der Waals surface area contributed by atoms with Gasteiger partial charge < -0.3 is 9.47 Å². The molecule has 0 aliphatic rings. The average Bonchev–Trinajstić information content (AvgIpc) is 2.72. The van der Waals surface area contributed by atoms with Crippen LogP contribution >= 0.6 is 0 Å². The van der Waals surface area contributed by atoms with Crippen molar-refractivity contribution in [3.8, 4) is 22.6 Å². The monoisotopic (exact) mass is 374 g/mol. The molecule has 0 fully saturated rings. The Hall–Kier alpha value is -3.07. The molecule has 0 spiro atoms. The van der Waals surface area contributed by atoms with Crippen molar-refractivity contribution in [3.63, 3.8) is 0 Å². The Bertz CT molecular complexity index is 883. The molecule has 3 aromatic rings. The third-order valence-electron chi connectivity index (χ3n) is 4.54. The lowest BCUT2D eigenvalue weighted by molar-refractivity contribution is -0.134. The first-order valence-electron chi connectivity index (χ1n) is 9.71. The lowest BCUT2D eigenvalue weighted by Crippen LogP contribution is -2.10. The van der Waals surface area contributed by atoms with Crippen LogP contribution < -0.4 is 9.47 Å². The van der Waals surface area contributed by atoms with Gasteiger partial charge in [-0.3, -0.25) is 4.79 Å². The number of carbonyl (C=O) groups is 1. The minimum Gasteiger partial charge on any atom is -0.494 e. The average molecular weight is 374 g/mol. The van der Waals surface area contributed by atoms with Gasteiger partial charge in [-0.2, -0.15) is 0 Å². The predicted octanol–water partition coefficient (Wildman–Crippen LogP) is 6.24. The molecule has 0 aliphatic heterocycles. The van der Waals surface area contributed by atoms with Gasteiger partial charge in [0, 0.05) is 12.0 Å². The van der Waals surface area contributed by atoms with Crippen molar-refractivity contribution < 1.29 is 14.3 Å². The van der Waals surface area contributed by atoms with Crippen LogP contribution in [0.2, 0.25) is 0 Å². The van der Waals surface area contributed by atoms with Crippen molar-refractivity contribution in [2.24, 2.45) is 0 Å². The fourth-order valence-corrected chi connectivity index (χ4v) is 2.94. The van der Waals surface area contributed by atoms with E-state index in [4.69, 9.17) is 9.47 Å². The van der Waals surface area contributed by atoms with Crippen LogP contribution in [0.3, 0.4) is 0 Å². The molecule has 0 bridgehead atoms. The first-order valence-corrected chi connectivity index (χ1v) is 9.71. The number of esters is 1. The Morgan fingerprint density at radius 2 is 1.54 bits per heavy atom. The van der Waals surface area contributed by atoms with Crippen LogP contribution in [0.15, 0.2) is 78.9 Å². The summed E-state index contributed by atoms with van der Waals surface area (Å²) in [6, 6.07) is 25.6. The number of hydrogen-bond donors (Lipinski definition) is 0. The van der Waals surface area contributed by atoms with E-state index in [2.05, 4.69) is 26.0 Å². The molecule has 0 unspecified atom stereocenters. The molecule has 3 rings (SSSR count). The summed E-state index contributed by atoms with van der Waals surface area (Å²) in [5, 5.41) is 0. The van der Waals surface area contributed by atoms with Crippen LogP contribution in [0, 0.1) is 0 Å². The Labute approximate surface area is 166 Å². The number of rotatable bonds is 8. The second-order valence-electron chi connectivity index (χ2n) is 7.01. The molecule has 0 aromatic heterocycles. The highest BCUT2D eigenvalue weighted by atomic mass is 16.5. The summed E-state index contributed by atoms with van der Waals surface area (Å²) in [5.41, 5.74) is 3.23. The molecule has 28 heavy (non-hydrogen) atoms. The van der Waals surface area contributed by atoms with Crippen LogP contribution in [-0.2, 0) is 4.79 Å². The smallest absolute Gasteiger partial charge is 0.311 e. The van der Waals surface area contributed by atoms with E-state index in [1.807, 2.05) is 66.7 Å². The summed E-state index contributed by atoms with van der Waals surface area (Å²) in [7, 11) is 0. The summed E-state index contributed by atoms with van der Waals surface area (Å²) in [6.07, 6.45) is 0.922. The Kier molecular flexibility index (Phi) is 6.85. The van der Waals surface area contributed by atoms with Crippen LogP contribution in [0.5, 0.6) is 11.5 Å². The zero-order chi connectivity index (χ0) is 19.8. The molecule has 0 saturated carbocycles. The van der Waals surface area contributed by atoms with Gasteiger partial charge in [0.2, 0.25) is 0 Å². The van der Waals surface area contributed by atoms with E-state index in [0.717, 1.165) is 16.9 Å². The number of para-hydroxylation sites is 1. The van der Waals surface area contributed by atoms with Gasteiger partial charge in [0.25, 0.3) is 0 Å². The molecule has 3 heteroatoms. The Morgan fingerprint density at radius 3 is 2.25 bits per heavy atom. The number of ether oxygens (including phenoxy) is 2. The van der Waals surface area contributed by atoms with Crippen molar-refractivity contribution in [2.45, 2.75) is 32.6 Å². The summed E-state index contributed by atoms with van der Waals surface area (Å²) in [6.45, 7) is 4.81. The van der Waals surface area contributed by atoms with Gasteiger partial charge >= 0.3 is 5.97 Å². The Balaban J connectivity index is 1.49. The molecule has 0 amide bonds. The highest BCUT2D eigenvalue weighted by Gasteiger charge is 2.10. The zero-order valence-corrected chi connectivity index (χ0v) is 16.4. The largest absolute Gasteiger partial charge is 0.494 e. The quantitative estimate of drug-likeness (QED) is 0.266. The van der Waals surface area contributed by atoms with Crippen LogP contribution in [0.1, 0.15) is 38.2 Å². The summed E-state index contributed by atoms with van der Waals surface area (Å²) in [4.78, 5) is 12.2. The normalized spacial score (nSPS) is 10.7. The van der Waals surface area contributed by atoms with Crippen molar-refractivity contribution in [1.82, 2.24) is 0 Å². The van der Waals surface area contributed by atoms with Crippen LogP contribution in [0.25, 0.3) is 11.1 Å². The maximum absolute atomic E-state index is 12.2. The third-order valence-corrected chi connectivity index (χ3v) is 4.54. The molecule has 0 radical (unpaired) electrons. The molecule has 0 heterocycles. The molecule has 0 N–H and O–H groups in total. The van der Waals surface area contributed by atoms with Gasteiger partial charge in [-0.15, -0.1) is 0 Å². The van der Waals surface area contributed by atoms with Gasteiger partial charge in [0.05, 0.1) is 6.61 Å². The predicted molar refractivity (Wildman–Crippen MR) is 113 cm³/mol. The zero-order valence-electron chi connectivity index (χ0n) is 16.4. The fourth-order valence-electron chi connectivity index (χ4n) is 2.94. The molecule has 3 nitrogen and oxygen atoms in total. The highest BCUT2D eigenvalue weighted by molar-refractivity contribution is 5.77. The van der Waals surface area contributed by atoms with E-state index in [9.17, 15) is 4.79 Å². The van der Waals surface area contributed by atoms with Gasteiger partial charge in [0.15, 0.2) is 0 Å². The standard InChI is InChI=1S/C25H26O3/c1-19(2)20-14-16-22(17-15-20)27-18-8-13-25(26)28-24-12-7-6-11-23(24)21-9-4-3-5-10-21/h3-7,9-12,14-17,19H,8,13,18H2,1-2H3. The van der Waals surface area contributed by atoms with Crippen LogP contribution in [0.4, 0.5) is 0 Å². The van der Waals surface area contributed by atoms with Crippen molar-refractivity contribution in [3.05, 3.63) is 84.4 Å². The van der Waals surface area contributed by atoms with Gasteiger partial charge in [-0.25, -0.2) is 0 Å². The van der Waals surface area contributed by atoms with E-state index in [1.54, 1.807) is 0 Å². The molecule has 0 saturated heterocycles.